The summed E-state index contributed by atoms with van der Waals surface area (Å²) in [4.78, 5) is 22.1. The van der Waals surface area contributed by atoms with Crippen LogP contribution in [-0.2, 0) is 4.79 Å². The Bertz CT molecular complexity index is 634. The van der Waals surface area contributed by atoms with E-state index in [0.29, 0.717) is 11.4 Å². The van der Waals surface area contributed by atoms with Crippen molar-refractivity contribution in [2.24, 2.45) is 4.99 Å². The maximum Gasteiger partial charge on any atom is 0.277 e. The van der Waals surface area contributed by atoms with Gasteiger partial charge in [0.25, 0.3) is 5.91 Å². The minimum Gasteiger partial charge on any atom is -0.309 e. The number of pyridine rings is 1. The zero-order chi connectivity index (χ0) is 12.5. The highest BCUT2D eigenvalue weighted by molar-refractivity contribution is 6.54. The molecule has 0 N–H and O–H groups in total. The molecule has 0 atom stereocenters. The number of aliphatic imine (C=N–C) groups is 1. The number of para-hydroxylation sites is 1. The Labute approximate surface area is 105 Å². The molecule has 1 aromatic carbocycles. The number of carbonyl (C=O) groups is 1. The molecule has 0 spiro atoms. The van der Waals surface area contributed by atoms with E-state index in [0.717, 1.165) is 11.3 Å². The van der Waals surface area contributed by atoms with Gasteiger partial charge in [0.15, 0.2) is 0 Å². The van der Waals surface area contributed by atoms with Gasteiger partial charge in [-0.2, -0.15) is 0 Å². The van der Waals surface area contributed by atoms with Crippen molar-refractivity contribution in [3.8, 4) is 0 Å². The van der Waals surface area contributed by atoms with Crippen LogP contribution in [0.4, 0.5) is 11.4 Å². The first-order valence-electron chi connectivity index (χ1n) is 5.63. The van der Waals surface area contributed by atoms with Gasteiger partial charge in [-0.15, -0.1) is 0 Å². The number of anilines is 1. The van der Waals surface area contributed by atoms with Crippen LogP contribution >= 0.6 is 0 Å². The van der Waals surface area contributed by atoms with Gasteiger partial charge in [0.05, 0.1) is 17.6 Å². The average Bonchev–Trinajstić information content (AvgIpc) is 2.66. The Balaban J connectivity index is 2.14. The van der Waals surface area contributed by atoms with Crippen molar-refractivity contribution in [3.05, 3.63) is 54.4 Å². The minimum absolute atomic E-state index is 0.0833. The first-order chi connectivity index (χ1) is 8.77. The Morgan fingerprint density at radius 3 is 2.78 bits per heavy atom. The fraction of sp³-hybridized carbons (Fsp3) is 0.0714. The summed E-state index contributed by atoms with van der Waals surface area (Å²) < 4.78 is 0. The zero-order valence-electron chi connectivity index (χ0n) is 9.87. The van der Waals surface area contributed by atoms with E-state index < -0.39 is 0 Å². The fourth-order valence-electron chi connectivity index (χ4n) is 2.01. The molecule has 88 valence electrons. The van der Waals surface area contributed by atoms with E-state index in [1.807, 2.05) is 30.3 Å². The predicted molar refractivity (Wildman–Crippen MR) is 70.3 cm³/mol. The second kappa shape index (κ2) is 4.07. The van der Waals surface area contributed by atoms with Gasteiger partial charge in [-0.05, 0) is 18.2 Å². The number of nitrogens with zero attached hydrogens (tertiary/aromatic N) is 3. The van der Waals surface area contributed by atoms with Crippen LogP contribution in [0.1, 0.15) is 5.56 Å². The number of benzene rings is 1. The molecule has 0 radical (unpaired) electrons. The molecular weight excluding hydrogens is 226 g/mol. The largest absolute Gasteiger partial charge is 0.309 e. The smallest absolute Gasteiger partial charge is 0.277 e. The molecule has 0 saturated carbocycles. The van der Waals surface area contributed by atoms with E-state index in [-0.39, 0.29) is 5.91 Å². The molecule has 1 aliphatic rings. The fourth-order valence-corrected chi connectivity index (χ4v) is 2.01. The number of carbonyl (C=O) groups excluding carboxylic acids is 1. The zero-order valence-corrected chi connectivity index (χ0v) is 9.87. The van der Waals surface area contributed by atoms with E-state index in [4.69, 9.17) is 0 Å². The van der Waals surface area contributed by atoms with E-state index >= 15 is 0 Å². The van der Waals surface area contributed by atoms with Crippen molar-refractivity contribution in [2.45, 2.75) is 0 Å². The quantitative estimate of drug-likeness (QED) is 0.763. The van der Waals surface area contributed by atoms with Gasteiger partial charge >= 0.3 is 0 Å². The van der Waals surface area contributed by atoms with Gasteiger partial charge in [-0.25, -0.2) is 4.99 Å². The molecule has 0 unspecified atom stereocenters. The number of rotatable bonds is 1. The van der Waals surface area contributed by atoms with Crippen molar-refractivity contribution in [2.75, 3.05) is 11.9 Å². The summed E-state index contributed by atoms with van der Waals surface area (Å²) in [6.45, 7) is 0. The van der Waals surface area contributed by atoms with Crippen LogP contribution in [0.2, 0.25) is 0 Å². The molecule has 0 fully saturated rings. The van der Waals surface area contributed by atoms with Crippen LogP contribution in [0.15, 0.2) is 53.8 Å². The summed E-state index contributed by atoms with van der Waals surface area (Å²) in [6.07, 6.45) is 3.32. The summed E-state index contributed by atoms with van der Waals surface area (Å²) in [7, 11) is 1.76. The van der Waals surface area contributed by atoms with Gasteiger partial charge in [0, 0.05) is 18.8 Å². The molecule has 0 saturated heterocycles. The molecule has 1 aromatic heterocycles. The molecule has 3 rings (SSSR count). The van der Waals surface area contributed by atoms with Crippen LogP contribution in [0.5, 0.6) is 0 Å². The van der Waals surface area contributed by atoms with Gasteiger partial charge < -0.3 is 4.90 Å². The normalized spacial score (nSPS) is 16.2. The maximum absolute atomic E-state index is 12.1. The number of fused-ring (bicyclic) bond motifs is 1. The molecular formula is C14H11N3O. The third-order valence-electron chi connectivity index (χ3n) is 2.91. The second-order valence-corrected chi connectivity index (χ2v) is 4.05. The Morgan fingerprint density at radius 1 is 1.17 bits per heavy atom. The Hall–Kier alpha value is -2.49. The monoisotopic (exact) mass is 237 g/mol. The summed E-state index contributed by atoms with van der Waals surface area (Å²) >= 11 is 0. The standard InChI is InChI=1S/C14H11N3O/c1-17-12-7-3-2-6-11(12)13(14(17)18)16-10-5-4-8-15-9-10/h2-9H,1H3. The van der Waals surface area contributed by atoms with Gasteiger partial charge in [-0.3, -0.25) is 9.78 Å². The van der Waals surface area contributed by atoms with Crippen LogP contribution in [0.25, 0.3) is 0 Å². The lowest BCUT2D eigenvalue weighted by Gasteiger charge is -2.07. The Morgan fingerprint density at radius 2 is 2.00 bits per heavy atom. The van der Waals surface area contributed by atoms with Crippen LogP contribution in [-0.4, -0.2) is 23.7 Å². The molecule has 4 nitrogen and oxygen atoms in total. The molecule has 2 aromatic rings. The van der Waals surface area contributed by atoms with Gasteiger partial charge in [0.1, 0.15) is 5.71 Å². The lowest BCUT2D eigenvalue weighted by molar-refractivity contribution is -0.111. The number of amides is 1. The SMILES string of the molecule is CN1C(=O)C(=Nc2cccnc2)c2ccccc21. The first-order valence-corrected chi connectivity index (χ1v) is 5.63. The van der Waals surface area contributed by atoms with E-state index in [9.17, 15) is 4.79 Å². The third kappa shape index (κ3) is 1.59. The molecule has 0 aliphatic carbocycles. The van der Waals surface area contributed by atoms with E-state index in [1.165, 1.54) is 0 Å². The van der Waals surface area contributed by atoms with Crippen molar-refractivity contribution in [1.82, 2.24) is 4.98 Å². The number of aromatic nitrogens is 1. The van der Waals surface area contributed by atoms with E-state index in [2.05, 4.69) is 9.98 Å². The summed E-state index contributed by atoms with van der Waals surface area (Å²) in [5.74, 6) is -0.0833. The summed E-state index contributed by atoms with van der Waals surface area (Å²) in [6, 6.07) is 11.3. The molecule has 1 aliphatic heterocycles. The van der Waals surface area contributed by atoms with Gasteiger partial charge in [0.2, 0.25) is 0 Å². The van der Waals surface area contributed by atoms with Crippen molar-refractivity contribution in [3.63, 3.8) is 0 Å². The molecule has 18 heavy (non-hydrogen) atoms. The maximum atomic E-state index is 12.1. The highest BCUT2D eigenvalue weighted by atomic mass is 16.2. The summed E-state index contributed by atoms with van der Waals surface area (Å²) in [5.41, 5.74) is 2.92. The van der Waals surface area contributed by atoms with Crippen LogP contribution in [0, 0.1) is 0 Å². The van der Waals surface area contributed by atoms with Crippen molar-refractivity contribution >= 4 is 23.0 Å². The first kappa shape index (κ1) is 10.7. The summed E-state index contributed by atoms with van der Waals surface area (Å²) in [5, 5.41) is 0. The molecule has 4 heteroatoms. The molecule has 2 heterocycles. The second-order valence-electron chi connectivity index (χ2n) is 4.05. The molecule has 0 bridgehead atoms. The number of likely N-dealkylation sites (N-methyl/N-ethyl adjacent to an activating group) is 1. The highest BCUT2D eigenvalue weighted by Gasteiger charge is 2.30. The lowest BCUT2D eigenvalue weighted by atomic mass is 10.1. The Kier molecular flexibility index (Phi) is 2.41. The number of hydrogen-bond donors (Lipinski definition) is 0. The third-order valence-corrected chi connectivity index (χ3v) is 2.91. The minimum atomic E-state index is -0.0833. The van der Waals surface area contributed by atoms with Crippen molar-refractivity contribution in [1.29, 1.82) is 0 Å². The number of hydrogen-bond acceptors (Lipinski definition) is 3. The van der Waals surface area contributed by atoms with Gasteiger partial charge in [-0.1, -0.05) is 18.2 Å². The highest BCUT2D eigenvalue weighted by Crippen LogP contribution is 2.28. The predicted octanol–water partition coefficient (Wildman–Crippen LogP) is 2.18. The van der Waals surface area contributed by atoms with Crippen LogP contribution in [0.3, 0.4) is 0 Å². The van der Waals surface area contributed by atoms with Crippen molar-refractivity contribution < 1.29 is 4.79 Å². The lowest BCUT2D eigenvalue weighted by Crippen LogP contribution is -2.25. The average molecular weight is 237 g/mol. The van der Waals surface area contributed by atoms with E-state index in [1.54, 1.807) is 30.4 Å². The van der Waals surface area contributed by atoms with Crippen LogP contribution < -0.4 is 4.90 Å². The topological polar surface area (TPSA) is 45.6 Å². The molecule has 1 amide bonds.